The Morgan fingerprint density at radius 2 is 2.06 bits per heavy atom. The summed E-state index contributed by atoms with van der Waals surface area (Å²) in [7, 11) is 0. The average molecular weight is 266 g/mol. The van der Waals surface area contributed by atoms with E-state index in [9.17, 15) is 9.59 Å². The molecule has 1 aromatic heterocycles. The lowest BCUT2D eigenvalue weighted by Crippen LogP contribution is -2.04. The number of fused-ring (bicyclic) bond motifs is 1. The molecule has 0 amide bonds. The zero-order valence-corrected chi connectivity index (χ0v) is 10.5. The number of carboxylic acids is 1. The minimum atomic E-state index is -0.973. The Balaban J connectivity index is 2.44. The van der Waals surface area contributed by atoms with Crippen LogP contribution in [0.4, 0.5) is 0 Å². The Hall–Kier alpha value is -1.81. The number of para-hydroxylation sites is 1. The first-order chi connectivity index (χ1) is 8.50. The van der Waals surface area contributed by atoms with Gasteiger partial charge in [-0.05, 0) is 13.0 Å². The van der Waals surface area contributed by atoms with E-state index in [0.29, 0.717) is 16.3 Å². The van der Waals surface area contributed by atoms with Crippen LogP contribution in [0.1, 0.15) is 28.9 Å². The van der Waals surface area contributed by atoms with Gasteiger partial charge in [0.15, 0.2) is 5.78 Å². The first-order valence-electron chi connectivity index (χ1n) is 5.52. The number of benzene rings is 1. The van der Waals surface area contributed by atoms with E-state index in [2.05, 4.69) is 4.98 Å². The molecule has 2 aromatic rings. The van der Waals surface area contributed by atoms with Gasteiger partial charge < -0.3 is 10.1 Å². The van der Waals surface area contributed by atoms with Gasteiger partial charge in [-0.15, -0.1) is 0 Å². The van der Waals surface area contributed by atoms with Crippen molar-refractivity contribution in [2.24, 2.45) is 0 Å². The molecule has 0 aliphatic heterocycles. The molecule has 5 heteroatoms. The Bertz CT molecular complexity index is 630. The largest absolute Gasteiger partial charge is 0.481 e. The van der Waals surface area contributed by atoms with E-state index in [0.717, 1.165) is 10.9 Å². The maximum atomic E-state index is 12.0. The number of hydrogen-bond acceptors (Lipinski definition) is 2. The number of carbonyl (C=O) groups is 2. The van der Waals surface area contributed by atoms with Crippen LogP contribution in [0.2, 0.25) is 5.02 Å². The molecule has 0 spiro atoms. The maximum absolute atomic E-state index is 12.0. The molecule has 0 radical (unpaired) electrons. The average Bonchev–Trinajstić information content (AvgIpc) is 2.64. The Morgan fingerprint density at radius 1 is 1.33 bits per heavy atom. The second-order valence-electron chi connectivity index (χ2n) is 4.10. The predicted octanol–water partition coefficient (Wildman–Crippen LogP) is 3.18. The highest BCUT2D eigenvalue weighted by Crippen LogP contribution is 2.28. The number of carboxylic acid groups (broad SMARTS) is 1. The summed E-state index contributed by atoms with van der Waals surface area (Å²) in [5.41, 5.74) is 1.97. The van der Waals surface area contributed by atoms with Crippen LogP contribution in [0.5, 0.6) is 0 Å². The lowest BCUT2D eigenvalue weighted by atomic mass is 10.0. The van der Waals surface area contributed by atoms with Gasteiger partial charge >= 0.3 is 5.97 Å². The van der Waals surface area contributed by atoms with Gasteiger partial charge in [0.25, 0.3) is 0 Å². The molecule has 0 atom stereocenters. The van der Waals surface area contributed by atoms with Crippen LogP contribution in [0.25, 0.3) is 10.9 Å². The lowest BCUT2D eigenvalue weighted by Gasteiger charge is -1.99. The number of hydrogen-bond donors (Lipinski definition) is 2. The summed E-state index contributed by atoms with van der Waals surface area (Å²) < 4.78 is 0. The smallest absolute Gasteiger partial charge is 0.303 e. The fourth-order valence-corrected chi connectivity index (χ4v) is 2.24. The Morgan fingerprint density at radius 3 is 2.72 bits per heavy atom. The number of ketones is 1. The van der Waals surface area contributed by atoms with E-state index in [4.69, 9.17) is 16.7 Å². The maximum Gasteiger partial charge on any atom is 0.303 e. The highest BCUT2D eigenvalue weighted by atomic mass is 35.5. The van der Waals surface area contributed by atoms with E-state index < -0.39 is 5.97 Å². The highest BCUT2D eigenvalue weighted by Gasteiger charge is 2.17. The molecule has 0 aliphatic rings. The van der Waals surface area contributed by atoms with Crippen LogP contribution in [0.3, 0.4) is 0 Å². The van der Waals surface area contributed by atoms with Crippen LogP contribution in [-0.4, -0.2) is 21.8 Å². The summed E-state index contributed by atoms with van der Waals surface area (Å²) in [6.07, 6.45) is -0.166. The van der Waals surface area contributed by atoms with Crippen LogP contribution >= 0.6 is 11.6 Å². The molecule has 0 bridgehead atoms. The first-order valence-corrected chi connectivity index (χ1v) is 5.90. The number of carbonyl (C=O) groups excluding carboxylic acids is 1. The van der Waals surface area contributed by atoms with Gasteiger partial charge in [-0.2, -0.15) is 0 Å². The molecule has 2 N–H and O–H groups in total. The second kappa shape index (κ2) is 4.82. The third-order valence-electron chi connectivity index (χ3n) is 2.82. The van der Waals surface area contributed by atoms with E-state index >= 15 is 0 Å². The number of halogens is 1. The number of rotatable bonds is 4. The molecule has 94 valence electrons. The lowest BCUT2D eigenvalue weighted by molar-refractivity contribution is -0.136. The molecule has 0 aliphatic carbocycles. The van der Waals surface area contributed by atoms with Crippen molar-refractivity contribution >= 4 is 34.3 Å². The number of H-pyrrole nitrogens is 1. The van der Waals surface area contributed by atoms with E-state index in [1.165, 1.54) is 0 Å². The minimum absolute atomic E-state index is 0.00433. The van der Waals surface area contributed by atoms with Crippen molar-refractivity contribution in [2.45, 2.75) is 19.8 Å². The van der Waals surface area contributed by atoms with Crippen molar-refractivity contribution in [3.8, 4) is 0 Å². The molecule has 0 saturated carbocycles. The Labute approximate surface area is 109 Å². The fourth-order valence-electron chi connectivity index (χ4n) is 2.02. The minimum Gasteiger partial charge on any atom is -0.481 e. The molecule has 1 heterocycles. The van der Waals surface area contributed by atoms with Crippen LogP contribution in [0, 0.1) is 6.92 Å². The first kappa shape index (κ1) is 12.6. The van der Waals surface area contributed by atoms with Gasteiger partial charge in [0, 0.05) is 23.1 Å². The number of aromatic nitrogens is 1. The number of aromatic amines is 1. The van der Waals surface area contributed by atoms with Crippen molar-refractivity contribution in [3.05, 3.63) is 34.5 Å². The molecule has 4 nitrogen and oxygen atoms in total. The number of aryl methyl sites for hydroxylation is 1. The molecule has 1 aromatic carbocycles. The molecule has 18 heavy (non-hydrogen) atoms. The zero-order chi connectivity index (χ0) is 13.3. The third kappa shape index (κ3) is 2.24. The summed E-state index contributed by atoms with van der Waals surface area (Å²) in [5.74, 6) is -1.15. The molecular formula is C13H12ClNO3. The number of aliphatic carboxylic acids is 1. The Kier molecular flexibility index (Phi) is 3.39. The predicted molar refractivity (Wildman–Crippen MR) is 69.2 cm³/mol. The monoisotopic (exact) mass is 265 g/mol. The van der Waals surface area contributed by atoms with E-state index in [1.807, 2.05) is 0 Å². The molecule has 0 unspecified atom stereocenters. The van der Waals surface area contributed by atoms with Crippen molar-refractivity contribution in [1.82, 2.24) is 4.98 Å². The van der Waals surface area contributed by atoms with Gasteiger partial charge in [0.2, 0.25) is 0 Å². The zero-order valence-electron chi connectivity index (χ0n) is 9.79. The van der Waals surface area contributed by atoms with Crippen molar-refractivity contribution in [2.75, 3.05) is 0 Å². The van der Waals surface area contributed by atoms with Gasteiger partial charge in [-0.25, -0.2) is 0 Å². The quantitative estimate of drug-likeness (QED) is 0.834. The van der Waals surface area contributed by atoms with E-state index in [-0.39, 0.29) is 18.6 Å². The van der Waals surface area contributed by atoms with Gasteiger partial charge in [0.05, 0.1) is 17.0 Å². The fraction of sp³-hybridized carbons (Fsp3) is 0.231. The van der Waals surface area contributed by atoms with E-state index in [1.54, 1.807) is 25.1 Å². The van der Waals surface area contributed by atoms with Gasteiger partial charge in [-0.3, -0.25) is 9.59 Å². The van der Waals surface area contributed by atoms with Gasteiger partial charge in [-0.1, -0.05) is 23.7 Å². The number of nitrogens with one attached hydrogen (secondary N) is 1. The number of Topliss-reactive ketones (excluding diaryl/α,β-unsaturated/α-hetero) is 1. The summed E-state index contributed by atoms with van der Waals surface area (Å²) in [4.78, 5) is 25.6. The molecule has 0 fully saturated rings. The van der Waals surface area contributed by atoms with Crippen molar-refractivity contribution < 1.29 is 14.7 Å². The normalized spacial score (nSPS) is 10.8. The van der Waals surface area contributed by atoms with Crippen LogP contribution in [0.15, 0.2) is 18.2 Å². The topological polar surface area (TPSA) is 70.2 Å². The summed E-state index contributed by atoms with van der Waals surface area (Å²) in [6, 6.07) is 5.32. The second-order valence-corrected chi connectivity index (χ2v) is 4.51. The van der Waals surface area contributed by atoms with Crippen LogP contribution in [-0.2, 0) is 4.79 Å². The molecule has 0 saturated heterocycles. The highest BCUT2D eigenvalue weighted by molar-refractivity contribution is 6.35. The standard InChI is InChI=1S/C13H12ClNO3/c1-7-12(10(16)5-6-11(17)18)8-3-2-4-9(14)13(8)15-7/h2-4,15H,5-6H2,1H3,(H,17,18). The van der Waals surface area contributed by atoms with Crippen LogP contribution < -0.4 is 0 Å². The molecule has 2 rings (SSSR count). The summed E-state index contributed by atoms with van der Waals surface area (Å²) in [5, 5.41) is 9.90. The SMILES string of the molecule is Cc1[nH]c2c(Cl)cccc2c1C(=O)CCC(=O)O. The molecular weight excluding hydrogens is 254 g/mol. The summed E-state index contributed by atoms with van der Waals surface area (Å²) in [6.45, 7) is 1.78. The third-order valence-corrected chi connectivity index (χ3v) is 3.13. The summed E-state index contributed by atoms with van der Waals surface area (Å²) >= 11 is 6.04. The van der Waals surface area contributed by atoms with Crippen molar-refractivity contribution in [1.29, 1.82) is 0 Å². The van der Waals surface area contributed by atoms with Gasteiger partial charge in [0.1, 0.15) is 0 Å². The van der Waals surface area contributed by atoms with Crippen molar-refractivity contribution in [3.63, 3.8) is 0 Å².